The lowest BCUT2D eigenvalue weighted by Crippen LogP contribution is -2.13. The lowest BCUT2D eigenvalue weighted by Gasteiger charge is -2.01. The molecule has 3 aromatic rings. The van der Waals surface area contributed by atoms with Crippen LogP contribution in [0.25, 0.3) is 11.3 Å². The molecule has 0 bridgehead atoms. The predicted molar refractivity (Wildman–Crippen MR) is 91.1 cm³/mol. The molecule has 6 heteroatoms. The number of aromatic nitrogens is 2. The molecular formula is C16H13N3OS2. The van der Waals surface area contributed by atoms with E-state index in [-0.39, 0.29) is 5.91 Å². The Morgan fingerprint density at radius 2 is 1.95 bits per heavy atom. The minimum atomic E-state index is -0.0791. The molecule has 0 aliphatic rings. The second-order valence-electron chi connectivity index (χ2n) is 4.41. The third-order valence-electron chi connectivity index (χ3n) is 2.81. The molecule has 1 amide bonds. The van der Waals surface area contributed by atoms with Crippen LogP contribution < -0.4 is 5.32 Å². The number of anilines is 1. The van der Waals surface area contributed by atoms with Crippen LogP contribution in [0.4, 0.5) is 5.13 Å². The van der Waals surface area contributed by atoms with Crippen molar-refractivity contribution in [2.45, 2.75) is 5.03 Å². The number of thioether (sulfide) groups is 1. The molecule has 0 aliphatic carbocycles. The van der Waals surface area contributed by atoms with E-state index in [2.05, 4.69) is 15.3 Å². The van der Waals surface area contributed by atoms with Crippen LogP contribution in [0.5, 0.6) is 0 Å². The zero-order chi connectivity index (χ0) is 15.2. The average Bonchev–Trinajstić information content (AvgIpc) is 3.03. The van der Waals surface area contributed by atoms with Crippen LogP contribution in [-0.4, -0.2) is 21.6 Å². The van der Waals surface area contributed by atoms with Crippen molar-refractivity contribution < 1.29 is 4.79 Å². The van der Waals surface area contributed by atoms with E-state index in [0.717, 1.165) is 16.3 Å². The maximum atomic E-state index is 11.9. The second-order valence-corrected chi connectivity index (χ2v) is 6.26. The van der Waals surface area contributed by atoms with Crippen molar-refractivity contribution in [2.75, 3.05) is 11.1 Å². The van der Waals surface area contributed by atoms with Gasteiger partial charge in [-0.25, -0.2) is 9.97 Å². The number of hydrogen-bond donors (Lipinski definition) is 1. The van der Waals surface area contributed by atoms with Gasteiger partial charge in [-0.3, -0.25) is 4.79 Å². The maximum Gasteiger partial charge on any atom is 0.236 e. The zero-order valence-corrected chi connectivity index (χ0v) is 13.2. The molecule has 2 aromatic heterocycles. The molecule has 0 atom stereocenters. The quantitative estimate of drug-likeness (QED) is 0.721. The van der Waals surface area contributed by atoms with Crippen molar-refractivity contribution in [1.29, 1.82) is 0 Å². The van der Waals surface area contributed by atoms with E-state index in [9.17, 15) is 4.79 Å². The Kier molecular flexibility index (Phi) is 4.82. The van der Waals surface area contributed by atoms with Gasteiger partial charge in [0, 0.05) is 17.1 Å². The summed E-state index contributed by atoms with van der Waals surface area (Å²) in [6.45, 7) is 0. The van der Waals surface area contributed by atoms with Gasteiger partial charge in [-0.1, -0.05) is 48.2 Å². The SMILES string of the molecule is O=C(CSc1ccccn1)Nc1nc(-c2ccccc2)cs1. The van der Waals surface area contributed by atoms with Crippen LogP contribution in [-0.2, 0) is 4.79 Å². The van der Waals surface area contributed by atoms with Crippen LogP contribution in [0.3, 0.4) is 0 Å². The van der Waals surface area contributed by atoms with Crippen molar-refractivity contribution in [3.63, 3.8) is 0 Å². The summed E-state index contributed by atoms with van der Waals surface area (Å²) in [5, 5.41) is 6.21. The first-order valence-electron chi connectivity index (χ1n) is 6.66. The first kappa shape index (κ1) is 14.7. The normalized spacial score (nSPS) is 10.4. The van der Waals surface area contributed by atoms with Gasteiger partial charge in [-0.2, -0.15) is 0 Å². The minimum absolute atomic E-state index is 0.0791. The number of thiazole rings is 1. The Morgan fingerprint density at radius 3 is 2.73 bits per heavy atom. The van der Waals surface area contributed by atoms with E-state index in [1.54, 1.807) is 6.20 Å². The van der Waals surface area contributed by atoms with E-state index in [0.29, 0.717) is 10.9 Å². The molecule has 1 aromatic carbocycles. The summed E-state index contributed by atoms with van der Waals surface area (Å²) in [6, 6.07) is 15.5. The summed E-state index contributed by atoms with van der Waals surface area (Å²) in [6.07, 6.45) is 1.72. The average molecular weight is 327 g/mol. The van der Waals surface area contributed by atoms with E-state index in [1.165, 1.54) is 23.1 Å². The summed E-state index contributed by atoms with van der Waals surface area (Å²) in [5.41, 5.74) is 1.92. The van der Waals surface area contributed by atoms with Gasteiger partial charge >= 0.3 is 0 Å². The van der Waals surface area contributed by atoms with E-state index < -0.39 is 0 Å². The fourth-order valence-corrected chi connectivity index (χ4v) is 3.20. The van der Waals surface area contributed by atoms with Crippen molar-refractivity contribution in [2.24, 2.45) is 0 Å². The van der Waals surface area contributed by atoms with Crippen LogP contribution >= 0.6 is 23.1 Å². The Bertz CT molecular complexity index is 744. The molecular weight excluding hydrogens is 314 g/mol. The highest BCUT2D eigenvalue weighted by Crippen LogP contribution is 2.24. The Morgan fingerprint density at radius 1 is 1.14 bits per heavy atom. The number of carbonyl (C=O) groups excluding carboxylic acids is 1. The van der Waals surface area contributed by atoms with Gasteiger partial charge < -0.3 is 5.32 Å². The van der Waals surface area contributed by atoms with Crippen LogP contribution in [0, 0.1) is 0 Å². The van der Waals surface area contributed by atoms with E-state index >= 15 is 0 Å². The molecule has 110 valence electrons. The third-order valence-corrected chi connectivity index (χ3v) is 4.51. The van der Waals surface area contributed by atoms with Crippen LogP contribution in [0.15, 0.2) is 65.1 Å². The van der Waals surface area contributed by atoms with Crippen molar-refractivity contribution in [1.82, 2.24) is 9.97 Å². The predicted octanol–water partition coefficient (Wildman–Crippen LogP) is 3.94. The lowest BCUT2D eigenvalue weighted by atomic mass is 10.2. The molecule has 4 nitrogen and oxygen atoms in total. The molecule has 0 aliphatic heterocycles. The van der Waals surface area contributed by atoms with Gasteiger partial charge in [-0.15, -0.1) is 11.3 Å². The molecule has 22 heavy (non-hydrogen) atoms. The first-order valence-corrected chi connectivity index (χ1v) is 8.52. The molecule has 0 saturated carbocycles. The Labute approximate surface area is 136 Å². The van der Waals surface area contributed by atoms with Gasteiger partial charge in [0.05, 0.1) is 16.5 Å². The molecule has 2 heterocycles. The highest BCUT2D eigenvalue weighted by molar-refractivity contribution is 7.99. The number of rotatable bonds is 5. The monoisotopic (exact) mass is 327 g/mol. The fourth-order valence-electron chi connectivity index (χ4n) is 1.80. The molecule has 0 spiro atoms. The van der Waals surface area contributed by atoms with E-state index in [1.807, 2.05) is 53.9 Å². The summed E-state index contributed by atoms with van der Waals surface area (Å²) in [4.78, 5) is 20.5. The van der Waals surface area contributed by atoms with Crippen molar-refractivity contribution in [3.8, 4) is 11.3 Å². The highest BCUT2D eigenvalue weighted by Gasteiger charge is 2.08. The fraction of sp³-hybridized carbons (Fsp3) is 0.0625. The second kappa shape index (κ2) is 7.20. The molecule has 0 saturated heterocycles. The number of nitrogens with one attached hydrogen (secondary N) is 1. The molecule has 0 unspecified atom stereocenters. The summed E-state index contributed by atoms with van der Waals surface area (Å²) < 4.78 is 0. The standard InChI is InChI=1S/C16H13N3OS2/c20-14(11-21-15-8-4-5-9-17-15)19-16-18-13(10-22-16)12-6-2-1-3-7-12/h1-10H,11H2,(H,18,19,20). The smallest absolute Gasteiger partial charge is 0.236 e. The number of hydrogen-bond acceptors (Lipinski definition) is 5. The first-order chi connectivity index (χ1) is 10.8. The maximum absolute atomic E-state index is 11.9. The largest absolute Gasteiger partial charge is 0.301 e. The summed E-state index contributed by atoms with van der Waals surface area (Å²) >= 11 is 2.83. The lowest BCUT2D eigenvalue weighted by molar-refractivity contribution is -0.113. The minimum Gasteiger partial charge on any atom is -0.301 e. The number of carbonyl (C=O) groups is 1. The van der Waals surface area contributed by atoms with E-state index in [4.69, 9.17) is 0 Å². The van der Waals surface area contributed by atoms with Gasteiger partial charge in [0.15, 0.2) is 5.13 Å². The van der Waals surface area contributed by atoms with Gasteiger partial charge in [-0.05, 0) is 12.1 Å². The number of pyridine rings is 1. The molecule has 0 radical (unpaired) electrons. The van der Waals surface area contributed by atoms with Crippen LogP contribution in [0.2, 0.25) is 0 Å². The Balaban J connectivity index is 1.57. The van der Waals surface area contributed by atoms with Gasteiger partial charge in [0.25, 0.3) is 0 Å². The van der Waals surface area contributed by atoms with Gasteiger partial charge in [0.1, 0.15) is 0 Å². The third kappa shape index (κ3) is 3.93. The van der Waals surface area contributed by atoms with Crippen molar-refractivity contribution >= 4 is 34.1 Å². The topological polar surface area (TPSA) is 54.9 Å². The van der Waals surface area contributed by atoms with Crippen molar-refractivity contribution in [3.05, 3.63) is 60.1 Å². The van der Waals surface area contributed by atoms with Gasteiger partial charge in [0.2, 0.25) is 5.91 Å². The summed E-state index contributed by atoms with van der Waals surface area (Å²) in [5.74, 6) is 0.238. The zero-order valence-electron chi connectivity index (χ0n) is 11.6. The number of benzene rings is 1. The Hall–Kier alpha value is -2.18. The molecule has 3 rings (SSSR count). The molecule has 0 fully saturated rings. The molecule has 1 N–H and O–H groups in total. The number of amides is 1. The van der Waals surface area contributed by atoms with Crippen LogP contribution in [0.1, 0.15) is 0 Å². The number of nitrogens with zero attached hydrogens (tertiary/aromatic N) is 2. The highest BCUT2D eigenvalue weighted by atomic mass is 32.2. The summed E-state index contributed by atoms with van der Waals surface area (Å²) in [7, 11) is 0.